The number of esters is 1. The lowest BCUT2D eigenvalue weighted by atomic mass is 10.2. The fourth-order valence-corrected chi connectivity index (χ4v) is 1.47. The molecule has 0 fully saturated rings. The van der Waals surface area contributed by atoms with Gasteiger partial charge in [0, 0.05) is 0 Å². The summed E-state index contributed by atoms with van der Waals surface area (Å²) in [7, 11) is 0. The SMILES string of the molecule is C#CCOc1cc(C(=O)OCCC)ccc1NC(=O)CN. The Morgan fingerprint density at radius 1 is 1.43 bits per heavy atom. The van der Waals surface area contributed by atoms with Crippen molar-refractivity contribution < 1.29 is 19.1 Å². The van der Waals surface area contributed by atoms with Crippen LogP contribution < -0.4 is 15.8 Å². The van der Waals surface area contributed by atoms with Crippen LogP contribution in [0, 0.1) is 12.3 Å². The molecule has 0 aromatic heterocycles. The highest BCUT2D eigenvalue weighted by Gasteiger charge is 2.13. The maximum atomic E-state index is 11.8. The summed E-state index contributed by atoms with van der Waals surface area (Å²) in [5.74, 6) is 1.78. The molecule has 0 atom stereocenters. The van der Waals surface area contributed by atoms with Gasteiger partial charge in [0.25, 0.3) is 0 Å². The number of carbonyl (C=O) groups excluding carboxylic acids is 2. The average molecular weight is 290 g/mol. The second-order valence-electron chi connectivity index (χ2n) is 4.09. The van der Waals surface area contributed by atoms with Gasteiger partial charge in [-0.2, -0.15) is 0 Å². The third kappa shape index (κ3) is 5.16. The first-order valence-electron chi connectivity index (χ1n) is 6.49. The van der Waals surface area contributed by atoms with Gasteiger partial charge in [-0.05, 0) is 24.6 Å². The number of nitrogens with two attached hydrogens (primary N) is 1. The van der Waals surface area contributed by atoms with E-state index in [-0.39, 0.29) is 19.1 Å². The van der Waals surface area contributed by atoms with E-state index in [1.54, 1.807) is 6.07 Å². The number of nitrogens with one attached hydrogen (secondary N) is 1. The van der Waals surface area contributed by atoms with Crippen molar-refractivity contribution in [2.45, 2.75) is 13.3 Å². The zero-order chi connectivity index (χ0) is 15.7. The zero-order valence-electron chi connectivity index (χ0n) is 11.8. The summed E-state index contributed by atoms with van der Waals surface area (Å²) in [4.78, 5) is 23.1. The predicted octanol–water partition coefficient (Wildman–Crippen LogP) is 1.16. The van der Waals surface area contributed by atoms with Crippen LogP contribution in [0.1, 0.15) is 23.7 Å². The Bertz CT molecular complexity index is 549. The van der Waals surface area contributed by atoms with Gasteiger partial charge in [0.1, 0.15) is 12.4 Å². The normalized spacial score (nSPS) is 9.57. The summed E-state index contributed by atoms with van der Waals surface area (Å²) < 4.78 is 10.4. The van der Waals surface area contributed by atoms with Crippen LogP contribution in [0.15, 0.2) is 18.2 Å². The van der Waals surface area contributed by atoms with E-state index >= 15 is 0 Å². The van der Waals surface area contributed by atoms with Crippen LogP contribution in [0.4, 0.5) is 5.69 Å². The number of hydrogen-bond donors (Lipinski definition) is 2. The van der Waals surface area contributed by atoms with Crippen molar-refractivity contribution >= 4 is 17.6 Å². The summed E-state index contributed by atoms with van der Waals surface area (Å²) in [6, 6.07) is 4.55. The Hall–Kier alpha value is -2.52. The molecule has 0 aliphatic heterocycles. The van der Waals surface area contributed by atoms with E-state index in [1.165, 1.54) is 12.1 Å². The summed E-state index contributed by atoms with van der Waals surface area (Å²) in [6.07, 6.45) is 5.88. The van der Waals surface area contributed by atoms with E-state index in [1.807, 2.05) is 6.92 Å². The third-order valence-corrected chi connectivity index (χ3v) is 2.43. The number of benzene rings is 1. The van der Waals surface area contributed by atoms with Crippen molar-refractivity contribution in [3.8, 4) is 18.1 Å². The van der Waals surface area contributed by atoms with Crippen LogP contribution in [0.5, 0.6) is 5.75 Å². The van der Waals surface area contributed by atoms with Crippen molar-refractivity contribution in [2.24, 2.45) is 5.73 Å². The molecule has 0 saturated carbocycles. The molecule has 0 bridgehead atoms. The van der Waals surface area contributed by atoms with Gasteiger partial charge in [0.15, 0.2) is 0 Å². The third-order valence-electron chi connectivity index (χ3n) is 2.43. The number of amides is 1. The van der Waals surface area contributed by atoms with Crippen LogP contribution >= 0.6 is 0 Å². The summed E-state index contributed by atoms with van der Waals surface area (Å²) in [5.41, 5.74) is 5.96. The Kier molecular flexibility index (Phi) is 6.78. The number of rotatable bonds is 7. The molecule has 1 aromatic rings. The summed E-state index contributed by atoms with van der Waals surface area (Å²) in [5, 5.41) is 2.57. The molecule has 6 heteroatoms. The van der Waals surface area contributed by atoms with E-state index < -0.39 is 5.97 Å². The Morgan fingerprint density at radius 2 is 2.19 bits per heavy atom. The molecule has 21 heavy (non-hydrogen) atoms. The average Bonchev–Trinajstić information content (AvgIpc) is 2.51. The van der Waals surface area contributed by atoms with E-state index in [0.717, 1.165) is 6.42 Å². The molecule has 112 valence electrons. The van der Waals surface area contributed by atoms with E-state index in [2.05, 4.69) is 11.2 Å². The topological polar surface area (TPSA) is 90.6 Å². The first-order valence-corrected chi connectivity index (χ1v) is 6.49. The highest BCUT2D eigenvalue weighted by atomic mass is 16.5. The lowest BCUT2D eigenvalue weighted by molar-refractivity contribution is -0.114. The number of hydrogen-bond acceptors (Lipinski definition) is 5. The van der Waals surface area contributed by atoms with Crippen LogP contribution in [-0.4, -0.2) is 31.6 Å². The van der Waals surface area contributed by atoms with Gasteiger partial charge in [-0.15, -0.1) is 6.42 Å². The summed E-state index contributed by atoms with van der Waals surface area (Å²) in [6.45, 7) is 2.10. The number of ether oxygens (including phenoxy) is 2. The molecule has 0 spiro atoms. The molecule has 0 aliphatic rings. The van der Waals surface area contributed by atoms with Gasteiger partial charge in [0.05, 0.1) is 24.4 Å². The van der Waals surface area contributed by atoms with Crippen molar-refractivity contribution in [3.05, 3.63) is 23.8 Å². The molecule has 1 aromatic carbocycles. The second kappa shape index (κ2) is 8.61. The van der Waals surface area contributed by atoms with Gasteiger partial charge in [-0.25, -0.2) is 4.79 Å². The fraction of sp³-hybridized carbons (Fsp3) is 0.333. The smallest absolute Gasteiger partial charge is 0.338 e. The Balaban J connectivity index is 2.97. The largest absolute Gasteiger partial charge is 0.479 e. The van der Waals surface area contributed by atoms with Crippen LogP contribution in [0.25, 0.3) is 0 Å². The molecule has 3 N–H and O–H groups in total. The summed E-state index contributed by atoms with van der Waals surface area (Å²) >= 11 is 0. The molecule has 0 radical (unpaired) electrons. The lowest BCUT2D eigenvalue weighted by Gasteiger charge is -2.12. The highest BCUT2D eigenvalue weighted by molar-refractivity contribution is 5.95. The van der Waals surface area contributed by atoms with Crippen molar-refractivity contribution in [1.82, 2.24) is 0 Å². The van der Waals surface area contributed by atoms with Crippen molar-refractivity contribution in [1.29, 1.82) is 0 Å². The molecule has 1 amide bonds. The van der Waals surface area contributed by atoms with Crippen molar-refractivity contribution in [3.63, 3.8) is 0 Å². The minimum atomic E-state index is -0.459. The molecule has 0 unspecified atom stereocenters. The molecular weight excluding hydrogens is 272 g/mol. The molecule has 6 nitrogen and oxygen atoms in total. The first-order chi connectivity index (χ1) is 10.1. The molecule has 0 aliphatic carbocycles. The first kappa shape index (κ1) is 16.5. The standard InChI is InChI=1S/C15H18N2O4/c1-3-7-20-13-9-11(15(19)21-8-4-2)5-6-12(13)17-14(18)10-16/h1,5-6,9H,4,7-8,10,16H2,2H3,(H,17,18). The number of carbonyl (C=O) groups is 2. The van der Waals surface area contributed by atoms with Crippen molar-refractivity contribution in [2.75, 3.05) is 25.1 Å². The Labute approximate surface area is 123 Å². The van der Waals surface area contributed by atoms with Gasteiger partial charge in [-0.3, -0.25) is 4.79 Å². The minimum Gasteiger partial charge on any atom is -0.479 e. The second-order valence-corrected chi connectivity index (χ2v) is 4.09. The lowest BCUT2D eigenvalue weighted by Crippen LogP contribution is -2.22. The van der Waals surface area contributed by atoms with E-state index in [0.29, 0.717) is 23.6 Å². The van der Waals surface area contributed by atoms with Gasteiger partial charge >= 0.3 is 5.97 Å². The number of terminal acetylenes is 1. The van der Waals surface area contributed by atoms with Crippen LogP contribution in [0.3, 0.4) is 0 Å². The zero-order valence-corrected chi connectivity index (χ0v) is 11.8. The molecule has 1 rings (SSSR count). The molecular formula is C15H18N2O4. The molecule has 0 saturated heterocycles. The van der Waals surface area contributed by atoms with E-state index in [4.69, 9.17) is 21.6 Å². The molecule has 0 heterocycles. The quantitative estimate of drug-likeness (QED) is 0.581. The highest BCUT2D eigenvalue weighted by Crippen LogP contribution is 2.26. The van der Waals surface area contributed by atoms with Gasteiger partial charge < -0.3 is 20.5 Å². The number of anilines is 1. The van der Waals surface area contributed by atoms with Gasteiger partial charge in [-0.1, -0.05) is 12.8 Å². The minimum absolute atomic E-state index is 0.0129. The fourth-order valence-electron chi connectivity index (χ4n) is 1.47. The monoisotopic (exact) mass is 290 g/mol. The maximum Gasteiger partial charge on any atom is 0.338 e. The van der Waals surface area contributed by atoms with Crippen LogP contribution in [0.2, 0.25) is 0 Å². The van der Waals surface area contributed by atoms with Crippen LogP contribution in [-0.2, 0) is 9.53 Å². The Morgan fingerprint density at radius 3 is 2.81 bits per heavy atom. The van der Waals surface area contributed by atoms with Gasteiger partial charge in [0.2, 0.25) is 5.91 Å². The predicted molar refractivity (Wildman–Crippen MR) is 79.0 cm³/mol. The maximum absolute atomic E-state index is 11.8. The van der Waals surface area contributed by atoms with E-state index in [9.17, 15) is 9.59 Å².